The Bertz CT molecular complexity index is 914. The van der Waals surface area contributed by atoms with Gasteiger partial charge < -0.3 is 20.7 Å². The van der Waals surface area contributed by atoms with Crippen LogP contribution in [-0.4, -0.2) is 34.8 Å². The molecule has 1 aromatic carbocycles. The van der Waals surface area contributed by atoms with Gasteiger partial charge in [-0.05, 0) is 19.4 Å². The zero-order chi connectivity index (χ0) is 22.1. The molecule has 0 fully saturated rings. The van der Waals surface area contributed by atoms with E-state index in [4.69, 9.17) is 0 Å². The molecule has 0 bridgehead atoms. The summed E-state index contributed by atoms with van der Waals surface area (Å²) in [6.45, 7) is 3.65. The molecular formula is C19H21F3N6O2. The number of carbonyl (C=O) groups is 1. The second-order valence-electron chi connectivity index (χ2n) is 6.31. The van der Waals surface area contributed by atoms with Gasteiger partial charge in [0.15, 0.2) is 0 Å². The van der Waals surface area contributed by atoms with E-state index >= 15 is 0 Å². The Labute approximate surface area is 171 Å². The van der Waals surface area contributed by atoms with Gasteiger partial charge in [0.05, 0.1) is 12.7 Å². The van der Waals surface area contributed by atoms with Gasteiger partial charge in [-0.25, -0.2) is 4.98 Å². The van der Waals surface area contributed by atoms with Crippen LogP contribution in [0.25, 0.3) is 0 Å². The van der Waals surface area contributed by atoms with E-state index in [9.17, 15) is 23.2 Å². The molecule has 0 aliphatic carbocycles. The summed E-state index contributed by atoms with van der Waals surface area (Å²) in [7, 11) is 0. The number of nitriles is 1. The number of hydrogen-bond donors (Lipinski definition) is 3. The maximum Gasteiger partial charge on any atom is 0.573 e. The van der Waals surface area contributed by atoms with E-state index in [-0.39, 0.29) is 53.7 Å². The number of benzene rings is 1. The zero-order valence-electron chi connectivity index (χ0n) is 16.4. The lowest BCUT2D eigenvalue weighted by molar-refractivity contribution is -0.274. The highest BCUT2D eigenvalue weighted by atomic mass is 19.4. The third-order valence-electron chi connectivity index (χ3n) is 3.98. The molecule has 1 aromatic heterocycles. The van der Waals surface area contributed by atoms with Gasteiger partial charge in [-0.15, -0.1) is 13.2 Å². The third-order valence-corrected chi connectivity index (χ3v) is 3.98. The van der Waals surface area contributed by atoms with Crippen molar-refractivity contribution in [3.63, 3.8) is 0 Å². The highest BCUT2D eigenvalue weighted by molar-refractivity contribution is 5.81. The summed E-state index contributed by atoms with van der Waals surface area (Å²) in [5.41, 5.74) is 0.364. The van der Waals surface area contributed by atoms with Gasteiger partial charge in [0, 0.05) is 18.2 Å². The van der Waals surface area contributed by atoms with Crippen molar-refractivity contribution in [2.75, 3.05) is 17.2 Å². The number of para-hydroxylation sites is 1. The molecule has 0 saturated heterocycles. The Balaban J connectivity index is 2.07. The second-order valence-corrected chi connectivity index (χ2v) is 6.31. The first-order chi connectivity index (χ1) is 14.2. The Kier molecular flexibility index (Phi) is 7.80. The van der Waals surface area contributed by atoms with Crippen LogP contribution >= 0.6 is 0 Å². The van der Waals surface area contributed by atoms with Crippen molar-refractivity contribution in [2.24, 2.45) is 0 Å². The molecular weight excluding hydrogens is 401 g/mol. The standard InChI is InChI=1S/C19H21F3N6O2/c1-3-12(2)27-16(29)11-24-17-14(8-23)10-26-18(28-17)25-9-13-6-4-5-7-15(13)30-19(20,21)22/h4-7,10,12H,3,9,11H2,1-2H3,(H,27,29)(H2,24,25,26,28). The largest absolute Gasteiger partial charge is 0.573 e. The molecule has 1 atom stereocenters. The van der Waals surface area contributed by atoms with Crippen molar-refractivity contribution in [3.05, 3.63) is 41.6 Å². The van der Waals surface area contributed by atoms with Crippen LogP contribution in [0.5, 0.6) is 5.75 Å². The Morgan fingerprint density at radius 3 is 2.70 bits per heavy atom. The SMILES string of the molecule is CCC(C)NC(=O)CNc1nc(NCc2ccccc2OC(F)(F)F)ncc1C#N. The number of aromatic nitrogens is 2. The van der Waals surface area contributed by atoms with Crippen LogP contribution in [0.4, 0.5) is 24.9 Å². The monoisotopic (exact) mass is 422 g/mol. The molecule has 0 aliphatic heterocycles. The van der Waals surface area contributed by atoms with Crippen LogP contribution in [0.3, 0.4) is 0 Å². The van der Waals surface area contributed by atoms with Crippen molar-refractivity contribution in [1.29, 1.82) is 5.26 Å². The summed E-state index contributed by atoms with van der Waals surface area (Å²) in [6.07, 6.45) is -2.79. The second kappa shape index (κ2) is 10.3. The fraction of sp³-hybridized carbons (Fsp3) is 0.368. The molecule has 8 nitrogen and oxygen atoms in total. The predicted molar refractivity (Wildman–Crippen MR) is 104 cm³/mol. The molecule has 30 heavy (non-hydrogen) atoms. The molecule has 2 aromatic rings. The lowest BCUT2D eigenvalue weighted by Crippen LogP contribution is -2.36. The first-order valence-electron chi connectivity index (χ1n) is 9.09. The average Bonchev–Trinajstić information content (AvgIpc) is 2.70. The predicted octanol–water partition coefficient (Wildman–Crippen LogP) is 3.19. The molecule has 0 aliphatic rings. The number of alkyl halides is 3. The Morgan fingerprint density at radius 2 is 2.03 bits per heavy atom. The maximum atomic E-state index is 12.5. The lowest BCUT2D eigenvalue weighted by Gasteiger charge is -2.14. The molecule has 1 unspecified atom stereocenters. The van der Waals surface area contributed by atoms with Crippen LogP contribution in [0, 0.1) is 11.3 Å². The minimum atomic E-state index is -4.81. The number of carbonyl (C=O) groups excluding carboxylic acids is 1. The van der Waals surface area contributed by atoms with E-state index in [0.717, 1.165) is 6.42 Å². The number of halogens is 3. The summed E-state index contributed by atoms with van der Waals surface area (Å²) < 4.78 is 41.6. The number of nitrogens with zero attached hydrogens (tertiary/aromatic N) is 3. The first-order valence-corrected chi connectivity index (χ1v) is 9.09. The number of hydrogen-bond acceptors (Lipinski definition) is 7. The molecule has 3 N–H and O–H groups in total. The van der Waals surface area contributed by atoms with Crippen LogP contribution in [0.1, 0.15) is 31.4 Å². The molecule has 0 radical (unpaired) electrons. The lowest BCUT2D eigenvalue weighted by atomic mass is 10.2. The van der Waals surface area contributed by atoms with Crippen molar-refractivity contribution >= 4 is 17.7 Å². The number of rotatable bonds is 9. The van der Waals surface area contributed by atoms with E-state index in [1.54, 1.807) is 6.07 Å². The van der Waals surface area contributed by atoms with E-state index < -0.39 is 6.36 Å². The fourth-order valence-corrected chi connectivity index (χ4v) is 2.32. The van der Waals surface area contributed by atoms with Gasteiger partial charge >= 0.3 is 6.36 Å². The van der Waals surface area contributed by atoms with E-state index in [1.165, 1.54) is 24.4 Å². The van der Waals surface area contributed by atoms with E-state index in [0.29, 0.717) is 0 Å². The van der Waals surface area contributed by atoms with Gasteiger partial charge in [0.25, 0.3) is 0 Å². The van der Waals surface area contributed by atoms with Gasteiger partial charge in [-0.1, -0.05) is 25.1 Å². The smallest absolute Gasteiger partial charge is 0.405 e. The fourth-order valence-electron chi connectivity index (χ4n) is 2.32. The highest BCUT2D eigenvalue weighted by Crippen LogP contribution is 2.26. The molecule has 0 spiro atoms. The van der Waals surface area contributed by atoms with Crippen LogP contribution in [0.2, 0.25) is 0 Å². The molecule has 1 amide bonds. The summed E-state index contributed by atoms with van der Waals surface area (Å²) >= 11 is 0. The Hall–Kier alpha value is -3.55. The summed E-state index contributed by atoms with van der Waals surface area (Å²) in [4.78, 5) is 20.0. The van der Waals surface area contributed by atoms with Crippen LogP contribution in [0.15, 0.2) is 30.5 Å². The normalized spacial score (nSPS) is 11.9. The van der Waals surface area contributed by atoms with Crippen molar-refractivity contribution < 1.29 is 22.7 Å². The van der Waals surface area contributed by atoms with Gasteiger partial charge in [0.2, 0.25) is 11.9 Å². The molecule has 1 heterocycles. The Morgan fingerprint density at radius 1 is 1.30 bits per heavy atom. The zero-order valence-corrected chi connectivity index (χ0v) is 16.4. The number of nitrogens with one attached hydrogen (secondary N) is 3. The minimum absolute atomic E-state index is 0.0105. The van der Waals surface area contributed by atoms with Crippen molar-refractivity contribution in [3.8, 4) is 11.8 Å². The van der Waals surface area contributed by atoms with E-state index in [1.807, 2.05) is 19.9 Å². The van der Waals surface area contributed by atoms with Gasteiger partial charge in [0.1, 0.15) is 23.2 Å². The molecule has 2 rings (SSSR count). The van der Waals surface area contributed by atoms with Gasteiger partial charge in [-0.3, -0.25) is 4.79 Å². The topological polar surface area (TPSA) is 112 Å². The summed E-state index contributed by atoms with van der Waals surface area (Å²) in [6, 6.07) is 7.59. The maximum absolute atomic E-state index is 12.5. The quantitative estimate of drug-likeness (QED) is 0.569. The number of anilines is 2. The third kappa shape index (κ3) is 7.12. The van der Waals surface area contributed by atoms with Crippen molar-refractivity contribution in [2.45, 2.75) is 39.2 Å². The molecule has 11 heteroatoms. The molecule has 0 saturated carbocycles. The summed E-state index contributed by atoms with van der Waals surface area (Å²) in [5.74, 6) is -0.402. The number of amides is 1. The van der Waals surface area contributed by atoms with Crippen molar-refractivity contribution in [1.82, 2.24) is 15.3 Å². The minimum Gasteiger partial charge on any atom is -0.405 e. The number of ether oxygens (including phenoxy) is 1. The summed E-state index contributed by atoms with van der Waals surface area (Å²) in [5, 5.41) is 17.5. The van der Waals surface area contributed by atoms with Crippen LogP contribution < -0.4 is 20.7 Å². The average molecular weight is 422 g/mol. The first kappa shape index (κ1) is 22.7. The highest BCUT2D eigenvalue weighted by Gasteiger charge is 2.31. The van der Waals surface area contributed by atoms with Crippen LogP contribution in [-0.2, 0) is 11.3 Å². The van der Waals surface area contributed by atoms with E-state index in [2.05, 4.69) is 30.7 Å². The van der Waals surface area contributed by atoms with Gasteiger partial charge in [-0.2, -0.15) is 10.2 Å². The molecule has 160 valence electrons.